The molecule has 0 aliphatic heterocycles. The minimum absolute atomic E-state index is 0.0329. The van der Waals surface area contributed by atoms with E-state index in [9.17, 15) is 19.1 Å². The summed E-state index contributed by atoms with van der Waals surface area (Å²) >= 11 is 0. The number of aromatic nitrogens is 2. The molecule has 1 aromatic rings. The highest BCUT2D eigenvalue weighted by atomic mass is 19.1. The highest BCUT2D eigenvalue weighted by Crippen LogP contribution is 2.03. The van der Waals surface area contributed by atoms with E-state index in [-0.39, 0.29) is 19.0 Å². The van der Waals surface area contributed by atoms with Crippen LogP contribution in [0, 0.1) is 0 Å². The Morgan fingerprint density at radius 1 is 1.59 bits per heavy atom. The monoisotopic (exact) mass is 319 g/mol. The molecule has 1 rings (SSSR count). The van der Waals surface area contributed by atoms with Gasteiger partial charge in [-0.15, -0.1) is 0 Å². The Kier molecular flexibility index (Phi) is 7.43. The fraction of sp³-hybridized carbons (Fsp3) is 0.583. The summed E-state index contributed by atoms with van der Waals surface area (Å²) in [5.41, 5.74) is 1.50. The van der Waals surface area contributed by atoms with Crippen LogP contribution in [0.3, 0.4) is 0 Å². The molecule has 10 heteroatoms. The second-order valence-corrected chi connectivity index (χ2v) is 4.23. The number of hydrogen-bond donors (Lipinski definition) is 3. The molecular weight excluding hydrogens is 301 g/mol. The van der Waals surface area contributed by atoms with E-state index in [1.54, 1.807) is 6.92 Å². The van der Waals surface area contributed by atoms with E-state index < -0.39 is 37.1 Å². The predicted molar refractivity (Wildman–Crippen MR) is 72.4 cm³/mol. The Morgan fingerprint density at radius 3 is 2.86 bits per heavy atom. The Labute approximate surface area is 125 Å². The van der Waals surface area contributed by atoms with Crippen LogP contribution < -0.4 is 11.2 Å². The zero-order chi connectivity index (χ0) is 16.5. The summed E-state index contributed by atoms with van der Waals surface area (Å²) in [5, 5.41) is 18.2. The van der Waals surface area contributed by atoms with Gasteiger partial charge in [0.25, 0.3) is 0 Å². The number of nitrogens with one attached hydrogen (secondary N) is 1. The molecule has 0 spiro atoms. The Morgan fingerprint density at radius 2 is 2.32 bits per heavy atom. The quantitative estimate of drug-likeness (QED) is 0.505. The number of nitrogens with zero attached hydrogens (tertiary/aromatic N) is 2. The van der Waals surface area contributed by atoms with E-state index in [4.69, 9.17) is 9.84 Å². The van der Waals surface area contributed by atoms with E-state index in [0.717, 1.165) is 4.57 Å². The van der Waals surface area contributed by atoms with Crippen molar-refractivity contribution < 1.29 is 29.0 Å². The maximum absolute atomic E-state index is 12.3. The molecule has 0 aliphatic rings. The third-order valence-electron chi connectivity index (χ3n) is 2.63. The first-order valence-electron chi connectivity index (χ1n) is 6.51. The average molecular weight is 319 g/mol. The van der Waals surface area contributed by atoms with Crippen LogP contribution in [0.25, 0.3) is 0 Å². The smallest absolute Gasteiger partial charge is 0.351 e. The molecule has 0 bridgehead atoms. The standard InChI is InChI=1S/C12H18FN3O6/c1-2-11(19)22-15-10-3-4-16(12(20)14-10)7-21-9(6-17)8(18)5-13/h3-4,8-9,17-18H,2,5-7H2,1H3,(H,14,15,20). The number of hydrogen-bond acceptors (Lipinski definition) is 8. The number of aliphatic hydroxyl groups excluding tert-OH is 2. The fourth-order valence-corrected chi connectivity index (χ4v) is 1.33. The molecule has 2 unspecified atom stereocenters. The summed E-state index contributed by atoms with van der Waals surface area (Å²) in [7, 11) is 0. The molecule has 124 valence electrons. The Bertz CT molecular complexity index is 538. The number of ether oxygens (including phenoxy) is 1. The van der Waals surface area contributed by atoms with Gasteiger partial charge in [-0.05, 0) is 0 Å². The van der Waals surface area contributed by atoms with Gasteiger partial charge in [-0.1, -0.05) is 6.92 Å². The first-order chi connectivity index (χ1) is 10.5. The largest absolute Gasteiger partial charge is 0.394 e. The first kappa shape index (κ1) is 18.0. The maximum atomic E-state index is 12.3. The third kappa shape index (κ3) is 5.39. The van der Waals surface area contributed by atoms with Gasteiger partial charge in [0.05, 0.1) is 6.61 Å². The molecule has 0 radical (unpaired) electrons. The Hall–Kier alpha value is -2.04. The van der Waals surface area contributed by atoms with Crippen molar-refractivity contribution >= 4 is 11.8 Å². The zero-order valence-electron chi connectivity index (χ0n) is 11.9. The molecule has 0 aliphatic carbocycles. The summed E-state index contributed by atoms with van der Waals surface area (Å²) in [6, 6.07) is 1.35. The van der Waals surface area contributed by atoms with Crippen LogP contribution in [0.5, 0.6) is 0 Å². The first-order valence-corrected chi connectivity index (χ1v) is 6.51. The molecule has 0 saturated heterocycles. The molecule has 1 heterocycles. The number of halogens is 1. The van der Waals surface area contributed by atoms with Gasteiger partial charge in [0, 0.05) is 18.7 Å². The molecule has 0 saturated carbocycles. The number of anilines is 1. The van der Waals surface area contributed by atoms with Crippen molar-refractivity contribution in [3.63, 3.8) is 0 Å². The van der Waals surface area contributed by atoms with Crippen molar-refractivity contribution in [2.75, 3.05) is 18.8 Å². The van der Waals surface area contributed by atoms with Gasteiger partial charge >= 0.3 is 11.7 Å². The van der Waals surface area contributed by atoms with Gasteiger partial charge in [-0.3, -0.25) is 4.57 Å². The molecule has 1 aromatic heterocycles. The third-order valence-corrected chi connectivity index (χ3v) is 2.63. The SMILES string of the molecule is CCC(=O)ONc1ccn(COC(CO)C(O)CF)c(=O)n1. The lowest BCUT2D eigenvalue weighted by Gasteiger charge is -2.19. The van der Waals surface area contributed by atoms with E-state index in [1.165, 1.54) is 12.3 Å². The normalized spacial score (nSPS) is 13.5. The van der Waals surface area contributed by atoms with Crippen molar-refractivity contribution in [3.8, 4) is 0 Å². The van der Waals surface area contributed by atoms with Crippen LogP contribution in [0.1, 0.15) is 13.3 Å². The molecule has 2 atom stereocenters. The number of alkyl halides is 1. The molecular formula is C12H18FN3O6. The van der Waals surface area contributed by atoms with Crippen LogP contribution in [-0.2, 0) is 21.1 Å². The fourth-order valence-electron chi connectivity index (χ4n) is 1.33. The van der Waals surface area contributed by atoms with Gasteiger partial charge in [0.2, 0.25) is 0 Å². The second-order valence-electron chi connectivity index (χ2n) is 4.23. The maximum Gasteiger partial charge on any atom is 0.351 e. The molecule has 0 amide bonds. The van der Waals surface area contributed by atoms with Gasteiger partial charge in [-0.25, -0.2) is 19.5 Å². The highest BCUT2D eigenvalue weighted by molar-refractivity contribution is 5.69. The van der Waals surface area contributed by atoms with Crippen LogP contribution in [0.4, 0.5) is 10.2 Å². The van der Waals surface area contributed by atoms with Gasteiger partial charge < -0.3 is 19.8 Å². The average Bonchev–Trinajstić information content (AvgIpc) is 2.54. The zero-order valence-corrected chi connectivity index (χ0v) is 11.9. The molecule has 22 heavy (non-hydrogen) atoms. The minimum atomic E-state index is -1.48. The summed E-state index contributed by atoms with van der Waals surface area (Å²) in [6.45, 7) is -0.400. The minimum Gasteiger partial charge on any atom is -0.394 e. The number of carbonyl (C=O) groups is 1. The van der Waals surface area contributed by atoms with Crippen molar-refractivity contribution in [1.29, 1.82) is 0 Å². The summed E-state index contributed by atoms with van der Waals surface area (Å²) in [5.74, 6) is -0.481. The van der Waals surface area contributed by atoms with Crippen LogP contribution in [0.2, 0.25) is 0 Å². The van der Waals surface area contributed by atoms with E-state index in [2.05, 4.69) is 15.3 Å². The lowest BCUT2D eigenvalue weighted by Crippen LogP contribution is -2.36. The van der Waals surface area contributed by atoms with Crippen LogP contribution in [-0.4, -0.2) is 51.2 Å². The molecule has 0 fully saturated rings. The molecule has 9 nitrogen and oxygen atoms in total. The lowest BCUT2D eigenvalue weighted by molar-refractivity contribution is -0.140. The van der Waals surface area contributed by atoms with Crippen molar-refractivity contribution in [2.24, 2.45) is 0 Å². The van der Waals surface area contributed by atoms with Crippen LogP contribution >= 0.6 is 0 Å². The second kappa shape index (κ2) is 9.07. The van der Waals surface area contributed by atoms with Crippen LogP contribution in [0.15, 0.2) is 17.1 Å². The van der Waals surface area contributed by atoms with E-state index in [1.807, 2.05) is 0 Å². The van der Waals surface area contributed by atoms with Gasteiger partial charge in [0.1, 0.15) is 25.6 Å². The summed E-state index contributed by atoms with van der Waals surface area (Å²) < 4.78 is 18.4. The Balaban J connectivity index is 2.62. The number of aliphatic hydroxyl groups is 2. The lowest BCUT2D eigenvalue weighted by atomic mass is 10.2. The van der Waals surface area contributed by atoms with E-state index >= 15 is 0 Å². The van der Waals surface area contributed by atoms with E-state index in [0.29, 0.717) is 0 Å². The summed E-state index contributed by atoms with van der Waals surface area (Å²) in [6.07, 6.45) is -1.17. The topological polar surface area (TPSA) is 123 Å². The van der Waals surface area contributed by atoms with Crippen molar-refractivity contribution in [1.82, 2.24) is 9.55 Å². The van der Waals surface area contributed by atoms with Gasteiger partial charge in [-0.2, -0.15) is 4.98 Å². The number of rotatable bonds is 9. The predicted octanol–water partition coefficient (Wildman–Crippen LogP) is -0.811. The molecule has 3 N–H and O–H groups in total. The van der Waals surface area contributed by atoms with Gasteiger partial charge in [0.15, 0.2) is 5.82 Å². The molecule has 0 aromatic carbocycles. The highest BCUT2D eigenvalue weighted by Gasteiger charge is 2.19. The van der Waals surface area contributed by atoms with Crippen molar-refractivity contribution in [2.45, 2.75) is 32.3 Å². The summed E-state index contributed by atoms with van der Waals surface area (Å²) in [4.78, 5) is 30.8. The number of carbonyl (C=O) groups excluding carboxylic acids is 1. The van der Waals surface area contributed by atoms with Crippen molar-refractivity contribution in [3.05, 3.63) is 22.7 Å².